The summed E-state index contributed by atoms with van der Waals surface area (Å²) < 4.78 is 5.08. The van der Waals surface area contributed by atoms with Crippen molar-refractivity contribution in [3.05, 3.63) is 53.9 Å². The Morgan fingerprint density at radius 1 is 1.08 bits per heavy atom. The molecule has 1 heterocycles. The topological polar surface area (TPSA) is 71.5 Å². The van der Waals surface area contributed by atoms with Crippen LogP contribution in [0.15, 0.2) is 42.7 Å². The zero-order chi connectivity index (χ0) is 17.5. The lowest BCUT2D eigenvalue weighted by Gasteiger charge is -2.18. The molecule has 0 aliphatic heterocycles. The summed E-state index contributed by atoms with van der Waals surface area (Å²) in [5, 5.41) is 2.77. The van der Waals surface area contributed by atoms with Crippen molar-refractivity contribution in [2.24, 2.45) is 0 Å². The SMILES string of the molecule is CCN(CC)C(=O)c1cncc(C(=O)Nc2ccc(OC)cc2)c1. The minimum atomic E-state index is -0.318. The third kappa shape index (κ3) is 4.10. The first-order valence-corrected chi connectivity index (χ1v) is 7.78. The second kappa shape index (κ2) is 8.10. The molecular formula is C18H21N3O3. The van der Waals surface area contributed by atoms with Crippen LogP contribution in [0.1, 0.15) is 34.6 Å². The van der Waals surface area contributed by atoms with Crippen molar-refractivity contribution in [3.8, 4) is 5.75 Å². The van der Waals surface area contributed by atoms with E-state index in [1.54, 1.807) is 42.3 Å². The average Bonchev–Trinajstić information content (AvgIpc) is 2.63. The van der Waals surface area contributed by atoms with Crippen LogP contribution >= 0.6 is 0 Å². The van der Waals surface area contributed by atoms with Crippen LogP contribution in [0.25, 0.3) is 0 Å². The molecule has 0 aliphatic carbocycles. The molecule has 0 saturated carbocycles. The fourth-order valence-corrected chi connectivity index (χ4v) is 2.25. The molecule has 1 N–H and O–H groups in total. The highest BCUT2D eigenvalue weighted by Crippen LogP contribution is 2.16. The summed E-state index contributed by atoms with van der Waals surface area (Å²) in [6.07, 6.45) is 2.92. The van der Waals surface area contributed by atoms with Crippen molar-refractivity contribution in [2.45, 2.75) is 13.8 Å². The third-order valence-electron chi connectivity index (χ3n) is 3.65. The van der Waals surface area contributed by atoms with Crippen molar-refractivity contribution in [2.75, 3.05) is 25.5 Å². The third-order valence-corrected chi connectivity index (χ3v) is 3.65. The number of amides is 2. The summed E-state index contributed by atoms with van der Waals surface area (Å²) in [7, 11) is 1.58. The van der Waals surface area contributed by atoms with E-state index < -0.39 is 0 Å². The van der Waals surface area contributed by atoms with E-state index in [2.05, 4.69) is 10.3 Å². The Kier molecular flexibility index (Phi) is 5.89. The smallest absolute Gasteiger partial charge is 0.257 e. The highest BCUT2D eigenvalue weighted by Gasteiger charge is 2.15. The van der Waals surface area contributed by atoms with E-state index >= 15 is 0 Å². The van der Waals surface area contributed by atoms with Gasteiger partial charge in [-0.05, 0) is 44.2 Å². The molecule has 0 saturated heterocycles. The fraction of sp³-hybridized carbons (Fsp3) is 0.278. The highest BCUT2D eigenvalue weighted by molar-refractivity contribution is 6.05. The van der Waals surface area contributed by atoms with Gasteiger partial charge < -0.3 is 15.0 Å². The molecule has 126 valence electrons. The van der Waals surface area contributed by atoms with E-state index in [9.17, 15) is 9.59 Å². The summed E-state index contributed by atoms with van der Waals surface area (Å²) in [5.74, 6) is 0.259. The normalized spacial score (nSPS) is 10.1. The number of hydrogen-bond acceptors (Lipinski definition) is 4. The van der Waals surface area contributed by atoms with Gasteiger partial charge in [0, 0.05) is 31.2 Å². The Morgan fingerprint density at radius 2 is 1.71 bits per heavy atom. The zero-order valence-corrected chi connectivity index (χ0v) is 14.1. The van der Waals surface area contributed by atoms with Gasteiger partial charge in [-0.2, -0.15) is 0 Å². The van der Waals surface area contributed by atoms with E-state index in [-0.39, 0.29) is 11.8 Å². The Labute approximate surface area is 141 Å². The minimum absolute atomic E-state index is 0.133. The number of carbonyl (C=O) groups excluding carboxylic acids is 2. The minimum Gasteiger partial charge on any atom is -0.497 e. The van der Waals surface area contributed by atoms with Crippen LogP contribution in [0.5, 0.6) is 5.75 Å². The van der Waals surface area contributed by atoms with Gasteiger partial charge >= 0.3 is 0 Å². The van der Waals surface area contributed by atoms with E-state index in [0.29, 0.717) is 35.7 Å². The van der Waals surface area contributed by atoms with Gasteiger partial charge in [0.05, 0.1) is 18.2 Å². The first-order valence-electron chi connectivity index (χ1n) is 7.78. The van der Waals surface area contributed by atoms with Crippen LogP contribution in [0.3, 0.4) is 0 Å². The predicted octanol–water partition coefficient (Wildman–Crippen LogP) is 2.82. The second-order valence-electron chi connectivity index (χ2n) is 5.12. The number of nitrogens with zero attached hydrogens (tertiary/aromatic N) is 2. The van der Waals surface area contributed by atoms with Crippen molar-refractivity contribution < 1.29 is 14.3 Å². The molecule has 2 rings (SSSR count). The van der Waals surface area contributed by atoms with Gasteiger partial charge in [0.1, 0.15) is 5.75 Å². The molecule has 0 spiro atoms. The summed E-state index contributed by atoms with van der Waals surface area (Å²) in [4.78, 5) is 30.4. The molecule has 0 radical (unpaired) electrons. The molecule has 0 bridgehead atoms. The van der Waals surface area contributed by atoms with Crippen LogP contribution in [0.4, 0.5) is 5.69 Å². The summed E-state index contributed by atoms with van der Waals surface area (Å²) in [5.41, 5.74) is 1.38. The van der Waals surface area contributed by atoms with Gasteiger partial charge in [-0.1, -0.05) is 0 Å². The van der Waals surface area contributed by atoms with Crippen molar-refractivity contribution >= 4 is 17.5 Å². The number of pyridine rings is 1. The zero-order valence-electron chi connectivity index (χ0n) is 14.1. The number of benzene rings is 1. The Hall–Kier alpha value is -2.89. The molecule has 0 aliphatic rings. The van der Waals surface area contributed by atoms with E-state index in [1.165, 1.54) is 12.4 Å². The molecule has 24 heavy (non-hydrogen) atoms. The Bertz CT molecular complexity index is 710. The molecule has 0 fully saturated rings. The van der Waals surface area contributed by atoms with Crippen LogP contribution in [-0.2, 0) is 0 Å². The molecule has 0 unspecified atom stereocenters. The molecule has 2 aromatic rings. The van der Waals surface area contributed by atoms with Gasteiger partial charge in [0.25, 0.3) is 11.8 Å². The van der Waals surface area contributed by atoms with Crippen molar-refractivity contribution in [1.29, 1.82) is 0 Å². The number of aromatic nitrogens is 1. The summed E-state index contributed by atoms with van der Waals surface area (Å²) in [6.45, 7) is 5.04. The average molecular weight is 327 g/mol. The van der Waals surface area contributed by atoms with Gasteiger partial charge in [0.2, 0.25) is 0 Å². The van der Waals surface area contributed by atoms with Crippen molar-refractivity contribution in [1.82, 2.24) is 9.88 Å². The van der Waals surface area contributed by atoms with Crippen LogP contribution < -0.4 is 10.1 Å². The van der Waals surface area contributed by atoms with Crippen LogP contribution in [-0.4, -0.2) is 41.9 Å². The highest BCUT2D eigenvalue weighted by atomic mass is 16.5. The van der Waals surface area contributed by atoms with E-state index in [4.69, 9.17) is 4.74 Å². The van der Waals surface area contributed by atoms with Crippen LogP contribution in [0.2, 0.25) is 0 Å². The maximum Gasteiger partial charge on any atom is 0.257 e. The number of ether oxygens (including phenoxy) is 1. The lowest BCUT2D eigenvalue weighted by Crippen LogP contribution is -2.30. The second-order valence-corrected chi connectivity index (χ2v) is 5.12. The Morgan fingerprint density at radius 3 is 2.29 bits per heavy atom. The van der Waals surface area contributed by atoms with E-state index in [0.717, 1.165) is 0 Å². The molecule has 1 aromatic carbocycles. The maximum absolute atomic E-state index is 12.4. The van der Waals surface area contributed by atoms with E-state index in [1.807, 2.05) is 13.8 Å². The van der Waals surface area contributed by atoms with Crippen LogP contribution in [0, 0.1) is 0 Å². The Balaban J connectivity index is 2.14. The first-order chi connectivity index (χ1) is 11.6. The number of carbonyl (C=O) groups is 2. The molecule has 1 aromatic heterocycles. The van der Waals surface area contributed by atoms with Gasteiger partial charge in [0.15, 0.2) is 0 Å². The number of methoxy groups -OCH3 is 1. The number of hydrogen-bond donors (Lipinski definition) is 1. The molecule has 0 atom stereocenters. The number of rotatable bonds is 6. The number of nitrogens with one attached hydrogen (secondary N) is 1. The summed E-state index contributed by atoms with van der Waals surface area (Å²) in [6, 6.07) is 8.57. The first kappa shape index (κ1) is 17.5. The maximum atomic E-state index is 12.4. The lowest BCUT2D eigenvalue weighted by atomic mass is 10.1. The van der Waals surface area contributed by atoms with Gasteiger partial charge in [-0.15, -0.1) is 0 Å². The predicted molar refractivity (Wildman–Crippen MR) is 92.4 cm³/mol. The molecular weight excluding hydrogens is 306 g/mol. The van der Waals surface area contributed by atoms with Crippen molar-refractivity contribution in [3.63, 3.8) is 0 Å². The lowest BCUT2D eigenvalue weighted by molar-refractivity contribution is 0.0772. The monoisotopic (exact) mass is 327 g/mol. The molecule has 2 amide bonds. The standard InChI is InChI=1S/C18H21N3O3/c1-4-21(5-2)18(23)14-10-13(11-19-12-14)17(22)20-15-6-8-16(24-3)9-7-15/h6-12H,4-5H2,1-3H3,(H,20,22). The summed E-state index contributed by atoms with van der Waals surface area (Å²) >= 11 is 0. The molecule has 6 nitrogen and oxygen atoms in total. The quantitative estimate of drug-likeness (QED) is 0.885. The van der Waals surface area contributed by atoms with Gasteiger partial charge in [-0.25, -0.2) is 0 Å². The largest absolute Gasteiger partial charge is 0.497 e. The number of anilines is 1. The molecule has 6 heteroatoms. The van der Waals surface area contributed by atoms with Gasteiger partial charge in [-0.3, -0.25) is 14.6 Å². The fourth-order valence-electron chi connectivity index (χ4n) is 2.25.